The Morgan fingerprint density at radius 3 is 1.54 bits per heavy atom. The number of hydrogen-bond acceptors (Lipinski definition) is 12. The highest BCUT2D eigenvalue weighted by Gasteiger charge is 2.26. The first kappa shape index (κ1) is 45.2. The molecule has 1 saturated carbocycles. The second kappa shape index (κ2) is 21.8. The lowest BCUT2D eigenvalue weighted by atomic mass is 9.93. The molecule has 1 aromatic carbocycles. The maximum atomic E-state index is 11.7. The number of amides is 2. The van der Waals surface area contributed by atoms with Crippen LogP contribution in [-0.2, 0) is 42.9 Å². The zero-order valence-electron chi connectivity index (χ0n) is 27.5. The summed E-state index contributed by atoms with van der Waals surface area (Å²) in [6, 6.07) is 6.12. The number of esters is 4. The van der Waals surface area contributed by atoms with Crippen molar-refractivity contribution >= 4 is 41.8 Å². The van der Waals surface area contributed by atoms with Gasteiger partial charge in [0, 0.05) is 36.0 Å². The third kappa shape index (κ3) is 21.8. The number of anilines is 1. The first-order valence-corrected chi connectivity index (χ1v) is 14.4. The first-order chi connectivity index (χ1) is 21.4. The number of alkyl carbamates (subject to hydrolysis) is 1. The van der Waals surface area contributed by atoms with Gasteiger partial charge in [0.05, 0.1) is 14.2 Å². The van der Waals surface area contributed by atoms with Crippen molar-refractivity contribution in [2.24, 2.45) is 0 Å². The first-order valence-electron chi connectivity index (χ1n) is 14.4. The van der Waals surface area contributed by atoms with Crippen molar-refractivity contribution in [1.82, 2.24) is 5.32 Å². The minimum atomic E-state index is -0.719. The van der Waals surface area contributed by atoms with Crippen LogP contribution < -0.4 is 15.4 Å². The summed E-state index contributed by atoms with van der Waals surface area (Å²) in [6.07, 6.45) is 5.49. The minimum Gasteiger partial charge on any atom is -0.466 e. The summed E-state index contributed by atoms with van der Waals surface area (Å²) in [5.74, 6) is -2.28. The number of carbonyl (C=O) groups excluding carboxylic acids is 6. The Labute approximate surface area is 283 Å². The van der Waals surface area contributed by atoms with Crippen LogP contribution in [0.1, 0.15) is 82.1 Å². The Morgan fingerprint density at radius 2 is 1.08 bits per heavy atom. The van der Waals surface area contributed by atoms with Crippen LogP contribution in [0.15, 0.2) is 48.6 Å². The van der Waals surface area contributed by atoms with Gasteiger partial charge in [-0.2, -0.15) is 0 Å². The smallest absolute Gasteiger partial charge is 0.412 e. The van der Waals surface area contributed by atoms with Gasteiger partial charge in [0.15, 0.2) is 0 Å². The molecule has 14 heteroatoms. The molecule has 270 valence electrons. The van der Waals surface area contributed by atoms with Gasteiger partial charge in [-0.1, -0.05) is 14.9 Å². The number of methoxy groups -OCH3 is 2. The molecule has 2 rings (SSSR count). The van der Waals surface area contributed by atoms with Gasteiger partial charge >= 0.3 is 36.1 Å². The molecule has 1 fully saturated rings. The summed E-state index contributed by atoms with van der Waals surface area (Å²) < 4.78 is 29.3. The van der Waals surface area contributed by atoms with E-state index in [2.05, 4.69) is 20.1 Å². The molecule has 2 N–H and O–H groups in total. The lowest BCUT2D eigenvalue weighted by molar-refractivity contribution is -0.145. The number of carbonyl (C=O) groups is 6. The fraction of sp³-hybridized carbons (Fsp3) is 0.529. The highest BCUT2D eigenvalue weighted by atomic mass is 16.6. The molecule has 0 unspecified atom stereocenters. The molecule has 48 heavy (non-hydrogen) atoms. The molecule has 0 aromatic heterocycles. The highest BCUT2D eigenvalue weighted by molar-refractivity contribution is 5.93. The van der Waals surface area contributed by atoms with Crippen molar-refractivity contribution in [2.45, 2.75) is 105 Å². The molecule has 1 aliphatic rings. The second-order valence-corrected chi connectivity index (χ2v) is 11.8. The van der Waals surface area contributed by atoms with Gasteiger partial charge < -0.3 is 33.7 Å². The summed E-state index contributed by atoms with van der Waals surface area (Å²) in [5.41, 5.74) is -0.627. The largest absolute Gasteiger partial charge is 0.466 e. The van der Waals surface area contributed by atoms with Gasteiger partial charge in [-0.15, -0.1) is 0 Å². The van der Waals surface area contributed by atoms with E-state index in [0.29, 0.717) is 31.4 Å². The molecule has 2 amide bonds. The number of benzene rings is 1. The topological polar surface area (TPSA) is 182 Å². The van der Waals surface area contributed by atoms with Gasteiger partial charge in [-0.25, -0.2) is 28.8 Å². The second-order valence-electron chi connectivity index (χ2n) is 11.8. The van der Waals surface area contributed by atoms with Crippen LogP contribution in [0.25, 0.3) is 0 Å². The van der Waals surface area contributed by atoms with E-state index in [1.807, 2.05) is 20.8 Å². The van der Waals surface area contributed by atoms with Crippen LogP contribution in [0.5, 0.6) is 5.75 Å². The fourth-order valence-corrected chi connectivity index (χ4v) is 3.59. The summed E-state index contributed by atoms with van der Waals surface area (Å²) in [4.78, 5) is 68.0. The Bertz CT molecular complexity index is 1250. The number of hydrogen-bond donors (Lipinski definition) is 2. The molecule has 1 aliphatic carbocycles. The van der Waals surface area contributed by atoms with Crippen molar-refractivity contribution in [3.05, 3.63) is 48.6 Å². The van der Waals surface area contributed by atoms with Gasteiger partial charge in [0.2, 0.25) is 0 Å². The summed E-state index contributed by atoms with van der Waals surface area (Å²) in [6.45, 7) is 10.7. The SMILES string of the molecule is C.C.COC(=O)/C=C/C(=O)OC1CCC(NC(=O)OC(C)(C)C)CC1.COC(=O)/C=C/C(=O)Oc1ccc(NC(=O)OC(C)(C)C)cc1. The number of nitrogens with one attached hydrogen (secondary N) is 2. The molecule has 0 spiro atoms. The monoisotopic (exact) mass is 680 g/mol. The average Bonchev–Trinajstić information content (AvgIpc) is 2.95. The van der Waals surface area contributed by atoms with Crippen LogP contribution in [-0.4, -0.2) is 73.6 Å². The van der Waals surface area contributed by atoms with E-state index in [1.54, 1.807) is 32.9 Å². The standard InChI is InChI=1S/C16H25NO6.C16H19NO6.2CH4/c2*1-16(2,3)23-15(20)17-11-5-7-12(8-6-11)22-14(19)10-9-13(18)21-4;;/h9-12H,5-8H2,1-4H3,(H,17,20);5-10H,1-4H3,(H,17,20);2*1H4/b2*10-9+;;. The maximum absolute atomic E-state index is 11.7. The predicted octanol–water partition coefficient (Wildman–Crippen LogP) is 6.04. The van der Waals surface area contributed by atoms with E-state index in [1.165, 1.54) is 26.4 Å². The van der Waals surface area contributed by atoms with Crippen molar-refractivity contribution in [3.63, 3.8) is 0 Å². The summed E-state index contributed by atoms with van der Waals surface area (Å²) >= 11 is 0. The molecular formula is C34H52N2O12. The number of ether oxygens (including phenoxy) is 6. The Kier molecular flexibility index (Phi) is 20.6. The van der Waals surface area contributed by atoms with Crippen molar-refractivity contribution in [1.29, 1.82) is 0 Å². The fourth-order valence-electron chi connectivity index (χ4n) is 3.59. The zero-order chi connectivity index (χ0) is 34.9. The molecule has 0 radical (unpaired) electrons. The quantitative estimate of drug-likeness (QED) is 0.141. The molecule has 0 heterocycles. The number of rotatable bonds is 8. The van der Waals surface area contributed by atoms with E-state index >= 15 is 0 Å². The molecule has 0 atom stereocenters. The predicted molar refractivity (Wildman–Crippen MR) is 179 cm³/mol. The summed E-state index contributed by atoms with van der Waals surface area (Å²) in [7, 11) is 2.44. The average molecular weight is 681 g/mol. The molecule has 0 aliphatic heterocycles. The third-order valence-corrected chi connectivity index (χ3v) is 5.51. The normalized spacial score (nSPS) is 15.6. The van der Waals surface area contributed by atoms with E-state index in [0.717, 1.165) is 24.3 Å². The van der Waals surface area contributed by atoms with E-state index in [4.69, 9.17) is 18.9 Å². The van der Waals surface area contributed by atoms with Gasteiger partial charge in [-0.3, -0.25) is 5.32 Å². The van der Waals surface area contributed by atoms with Gasteiger partial charge in [-0.05, 0) is 91.5 Å². The van der Waals surface area contributed by atoms with Crippen molar-refractivity contribution < 1.29 is 57.2 Å². The molecular weight excluding hydrogens is 628 g/mol. The summed E-state index contributed by atoms with van der Waals surface area (Å²) in [5, 5.41) is 5.37. The van der Waals surface area contributed by atoms with Gasteiger partial charge in [0.25, 0.3) is 0 Å². The molecule has 1 aromatic rings. The van der Waals surface area contributed by atoms with E-state index in [9.17, 15) is 28.8 Å². The lowest BCUT2D eigenvalue weighted by Crippen LogP contribution is -2.42. The Hall–Kier alpha value is -4.88. The Balaban J connectivity index is 0. The third-order valence-electron chi connectivity index (χ3n) is 5.51. The van der Waals surface area contributed by atoms with Gasteiger partial charge in [0.1, 0.15) is 23.1 Å². The van der Waals surface area contributed by atoms with Crippen molar-refractivity contribution in [2.75, 3.05) is 19.5 Å². The van der Waals surface area contributed by atoms with Crippen LogP contribution in [0.3, 0.4) is 0 Å². The molecule has 14 nitrogen and oxygen atoms in total. The lowest BCUT2D eigenvalue weighted by Gasteiger charge is -2.29. The Morgan fingerprint density at radius 1 is 0.646 bits per heavy atom. The minimum absolute atomic E-state index is 0. The molecule has 0 bridgehead atoms. The zero-order valence-corrected chi connectivity index (χ0v) is 27.5. The highest BCUT2D eigenvalue weighted by Crippen LogP contribution is 2.22. The van der Waals surface area contributed by atoms with Crippen molar-refractivity contribution in [3.8, 4) is 5.75 Å². The van der Waals surface area contributed by atoms with Crippen LogP contribution >= 0.6 is 0 Å². The van der Waals surface area contributed by atoms with E-state index in [-0.39, 0.29) is 32.7 Å². The van der Waals surface area contributed by atoms with Crippen LogP contribution in [0, 0.1) is 0 Å². The van der Waals surface area contributed by atoms with Crippen LogP contribution in [0.4, 0.5) is 15.3 Å². The maximum Gasteiger partial charge on any atom is 0.412 e. The van der Waals surface area contributed by atoms with E-state index < -0.39 is 47.3 Å². The van der Waals surface area contributed by atoms with Crippen LogP contribution in [0.2, 0.25) is 0 Å². The molecule has 0 saturated heterocycles.